The molecule has 0 spiro atoms. The largest absolute Gasteiger partial charge is 0.480 e. The number of aromatic nitrogens is 2. The van der Waals surface area contributed by atoms with Gasteiger partial charge < -0.3 is 15.8 Å². The third kappa shape index (κ3) is 3.64. The second-order valence-corrected chi connectivity index (χ2v) is 6.37. The van der Waals surface area contributed by atoms with Gasteiger partial charge in [-0.1, -0.05) is 0 Å². The highest BCUT2D eigenvalue weighted by Gasteiger charge is 2.63. The maximum absolute atomic E-state index is 14.7. The number of anilines is 1. The van der Waals surface area contributed by atoms with Crippen molar-refractivity contribution in [3.63, 3.8) is 0 Å². The van der Waals surface area contributed by atoms with Crippen LogP contribution in [-0.2, 0) is 5.54 Å². The molecule has 0 aliphatic carbocycles. The molecular formula is C18H16F5N5O2. The van der Waals surface area contributed by atoms with E-state index in [1.165, 1.54) is 0 Å². The lowest BCUT2D eigenvalue weighted by atomic mass is 9.79. The Hall–Kier alpha value is -3.31. The topological polar surface area (TPSA) is 102 Å². The number of amidine groups is 1. The van der Waals surface area contributed by atoms with Crippen LogP contribution in [-0.4, -0.2) is 41.1 Å². The number of carbonyl (C=O) groups is 1. The van der Waals surface area contributed by atoms with Crippen LogP contribution in [0.25, 0.3) is 0 Å². The van der Waals surface area contributed by atoms with Crippen molar-refractivity contribution in [1.29, 1.82) is 0 Å². The standard InChI is InChI=1S/C18H16F5N5O2/c1-30-14-8-25-12(7-26-14)15(29)27-9-2-3-11(19)10(6-9)18(16(20)21)17(22,23)5-4-13(24)28-18/h2-3,6-8,16H,4-5H2,1H3,(H2,24,28)(H,27,29)/t18-/m0/s1/i1D3. The van der Waals surface area contributed by atoms with Crippen molar-refractivity contribution in [3.05, 3.63) is 47.7 Å². The summed E-state index contributed by atoms with van der Waals surface area (Å²) in [6.45, 7) is 0. The van der Waals surface area contributed by atoms with Gasteiger partial charge in [0.2, 0.25) is 11.4 Å². The molecule has 160 valence electrons. The number of nitrogens with one attached hydrogen (secondary N) is 1. The van der Waals surface area contributed by atoms with Gasteiger partial charge in [0.25, 0.3) is 18.3 Å². The number of methoxy groups -OCH3 is 1. The van der Waals surface area contributed by atoms with Crippen LogP contribution in [0.5, 0.6) is 5.88 Å². The number of carbonyl (C=O) groups excluding carboxylic acids is 1. The zero-order valence-electron chi connectivity index (χ0n) is 18.0. The smallest absolute Gasteiger partial charge is 0.283 e. The first-order valence-electron chi connectivity index (χ1n) is 9.88. The highest BCUT2D eigenvalue weighted by molar-refractivity contribution is 6.02. The third-order valence-electron chi connectivity index (χ3n) is 4.49. The second-order valence-electron chi connectivity index (χ2n) is 6.37. The molecule has 2 aromatic rings. The van der Waals surface area contributed by atoms with E-state index in [9.17, 15) is 26.7 Å². The summed E-state index contributed by atoms with van der Waals surface area (Å²) in [7, 11) is -2.79. The number of alkyl halides is 4. The fraction of sp³-hybridized carbons (Fsp3) is 0.333. The molecule has 0 bridgehead atoms. The van der Waals surface area contributed by atoms with Crippen molar-refractivity contribution in [2.45, 2.75) is 30.7 Å². The minimum absolute atomic E-state index is 0.309. The first kappa shape index (κ1) is 17.5. The van der Waals surface area contributed by atoms with Gasteiger partial charge in [0.1, 0.15) is 11.5 Å². The summed E-state index contributed by atoms with van der Waals surface area (Å²) in [4.78, 5) is 22.9. The molecule has 0 saturated heterocycles. The molecule has 30 heavy (non-hydrogen) atoms. The average molecular weight is 432 g/mol. The molecule has 1 amide bonds. The summed E-state index contributed by atoms with van der Waals surface area (Å²) in [5.41, 5.74) is 0.0510. The van der Waals surface area contributed by atoms with Crippen molar-refractivity contribution in [2.24, 2.45) is 10.7 Å². The molecule has 0 fully saturated rings. The zero-order valence-corrected chi connectivity index (χ0v) is 15.0. The van der Waals surface area contributed by atoms with Gasteiger partial charge >= 0.3 is 0 Å². The molecule has 1 aromatic carbocycles. The molecule has 1 aliphatic rings. The van der Waals surface area contributed by atoms with E-state index in [1.807, 2.05) is 0 Å². The van der Waals surface area contributed by atoms with E-state index in [2.05, 4.69) is 25.0 Å². The Morgan fingerprint density at radius 3 is 2.73 bits per heavy atom. The number of ether oxygens (including phenoxy) is 1. The Kier molecular flexibility index (Phi) is 4.58. The number of nitrogens with two attached hydrogens (primary N) is 1. The van der Waals surface area contributed by atoms with E-state index >= 15 is 0 Å². The fourth-order valence-electron chi connectivity index (χ4n) is 3.00. The Labute approximate surface area is 171 Å². The van der Waals surface area contributed by atoms with Crippen LogP contribution in [0.2, 0.25) is 0 Å². The molecule has 2 heterocycles. The Bertz CT molecular complexity index is 1080. The molecule has 0 radical (unpaired) electrons. The van der Waals surface area contributed by atoms with Gasteiger partial charge in [-0.25, -0.2) is 36.9 Å². The third-order valence-corrected chi connectivity index (χ3v) is 4.49. The second kappa shape index (κ2) is 7.84. The maximum Gasteiger partial charge on any atom is 0.283 e. The molecule has 7 nitrogen and oxygen atoms in total. The first-order chi connectivity index (χ1) is 15.2. The van der Waals surface area contributed by atoms with Gasteiger partial charge in [0, 0.05) is 24.1 Å². The van der Waals surface area contributed by atoms with Crippen LogP contribution >= 0.6 is 0 Å². The van der Waals surface area contributed by atoms with Crippen LogP contribution in [0.3, 0.4) is 0 Å². The van der Waals surface area contributed by atoms with Gasteiger partial charge in [-0.3, -0.25) is 4.79 Å². The Balaban J connectivity index is 1.93. The predicted octanol–water partition coefficient (Wildman–Crippen LogP) is 3.12. The van der Waals surface area contributed by atoms with E-state index in [-0.39, 0.29) is 11.4 Å². The van der Waals surface area contributed by atoms with Gasteiger partial charge in [0.15, 0.2) is 0 Å². The molecule has 3 rings (SSSR count). The Morgan fingerprint density at radius 2 is 2.10 bits per heavy atom. The lowest BCUT2D eigenvalue weighted by Crippen LogP contribution is -2.54. The summed E-state index contributed by atoms with van der Waals surface area (Å²) in [6, 6.07) is 2.21. The lowest BCUT2D eigenvalue weighted by Gasteiger charge is -2.40. The number of benzene rings is 1. The van der Waals surface area contributed by atoms with Crippen LogP contribution in [0.4, 0.5) is 27.6 Å². The van der Waals surface area contributed by atoms with Crippen molar-refractivity contribution in [2.75, 3.05) is 12.4 Å². The summed E-state index contributed by atoms with van der Waals surface area (Å²) in [6.07, 6.45) is -3.61. The van der Waals surface area contributed by atoms with E-state index < -0.39 is 66.8 Å². The van der Waals surface area contributed by atoms with Crippen molar-refractivity contribution in [3.8, 4) is 5.88 Å². The fourth-order valence-corrected chi connectivity index (χ4v) is 3.00. The Morgan fingerprint density at radius 1 is 1.33 bits per heavy atom. The summed E-state index contributed by atoms with van der Waals surface area (Å²) >= 11 is 0. The van der Waals surface area contributed by atoms with Crippen molar-refractivity contribution in [1.82, 2.24) is 9.97 Å². The molecular weight excluding hydrogens is 413 g/mol. The average Bonchev–Trinajstić information content (AvgIpc) is 2.70. The number of nitrogens with zero attached hydrogens (tertiary/aromatic N) is 3. The van der Waals surface area contributed by atoms with E-state index in [1.54, 1.807) is 0 Å². The minimum Gasteiger partial charge on any atom is -0.480 e. The SMILES string of the molecule is [2H]C([2H])([2H])Oc1cnc(C(=O)Nc2ccc(F)c([C@@]3(C(F)F)N=C(N)CCC3(F)F)c2)cn1. The van der Waals surface area contributed by atoms with Crippen molar-refractivity contribution < 1.29 is 35.6 Å². The quantitative estimate of drug-likeness (QED) is 0.707. The number of aliphatic imine (C=N–C) groups is 1. The number of hydrogen-bond donors (Lipinski definition) is 2. The molecule has 3 N–H and O–H groups in total. The highest BCUT2D eigenvalue weighted by atomic mass is 19.3. The molecule has 12 heteroatoms. The highest BCUT2D eigenvalue weighted by Crippen LogP contribution is 2.51. The lowest BCUT2D eigenvalue weighted by molar-refractivity contribution is -0.145. The zero-order chi connectivity index (χ0) is 24.6. The number of rotatable bonds is 5. The van der Waals surface area contributed by atoms with Crippen molar-refractivity contribution >= 4 is 17.4 Å². The normalized spacial score (nSPS) is 22.5. The van der Waals surface area contributed by atoms with Gasteiger partial charge in [-0.15, -0.1) is 0 Å². The van der Waals surface area contributed by atoms with Gasteiger partial charge in [0.05, 0.1) is 29.4 Å². The van der Waals surface area contributed by atoms with Gasteiger partial charge in [-0.2, -0.15) is 0 Å². The summed E-state index contributed by atoms with van der Waals surface area (Å²) in [5, 5.41) is 2.20. The van der Waals surface area contributed by atoms with E-state index in [4.69, 9.17) is 9.85 Å². The van der Waals surface area contributed by atoms with E-state index in [0.717, 1.165) is 18.5 Å². The first-order valence-corrected chi connectivity index (χ1v) is 8.38. The monoisotopic (exact) mass is 432 g/mol. The predicted molar refractivity (Wildman–Crippen MR) is 96.4 cm³/mol. The summed E-state index contributed by atoms with van der Waals surface area (Å²) < 4.78 is 97.2. The van der Waals surface area contributed by atoms with Crippen LogP contribution in [0.1, 0.15) is 33.0 Å². The van der Waals surface area contributed by atoms with Gasteiger partial charge in [-0.05, 0) is 18.2 Å². The number of halogens is 5. The number of amides is 1. The molecule has 0 unspecified atom stereocenters. The summed E-state index contributed by atoms with van der Waals surface area (Å²) in [5.74, 6) is -7.37. The van der Waals surface area contributed by atoms with Crippen LogP contribution < -0.4 is 15.8 Å². The maximum atomic E-state index is 14.7. The minimum atomic E-state index is -4.13. The molecule has 1 aromatic heterocycles. The van der Waals surface area contributed by atoms with E-state index in [0.29, 0.717) is 12.1 Å². The van der Waals surface area contributed by atoms with Crippen LogP contribution in [0.15, 0.2) is 35.6 Å². The number of hydrogen-bond acceptors (Lipinski definition) is 6. The molecule has 1 atom stereocenters. The van der Waals surface area contributed by atoms with Crippen LogP contribution in [0, 0.1) is 5.82 Å². The molecule has 1 aliphatic heterocycles. The molecule has 0 saturated carbocycles.